The summed E-state index contributed by atoms with van der Waals surface area (Å²) >= 11 is 0. The van der Waals surface area contributed by atoms with Crippen molar-refractivity contribution in [3.8, 4) is 11.1 Å². The Balaban J connectivity index is 1.46. The topological polar surface area (TPSA) is 0 Å². The van der Waals surface area contributed by atoms with E-state index in [1.54, 1.807) is 6.08 Å². The van der Waals surface area contributed by atoms with Gasteiger partial charge in [0.15, 0.2) is 0 Å². The third-order valence-electron chi connectivity index (χ3n) is 9.07. The lowest BCUT2D eigenvalue weighted by Crippen LogP contribution is -2.06. The summed E-state index contributed by atoms with van der Waals surface area (Å²) in [6.45, 7) is 12.4. The Labute approximate surface area is 300 Å². The molecule has 0 fully saturated rings. The largest absolute Gasteiger partial charge is 0.0991 e. The van der Waals surface area contributed by atoms with Gasteiger partial charge in [0.1, 0.15) is 0 Å². The Bertz CT molecular complexity index is 2090. The summed E-state index contributed by atoms with van der Waals surface area (Å²) in [4.78, 5) is 0. The first-order valence-electron chi connectivity index (χ1n) is 17.6. The van der Waals surface area contributed by atoms with E-state index in [-0.39, 0.29) is 5.92 Å². The number of fused-ring (bicyclic) bond motifs is 1. The lowest BCUT2D eigenvalue weighted by Gasteiger charge is -2.24. The molecule has 0 aliphatic heterocycles. The van der Waals surface area contributed by atoms with Crippen LogP contribution >= 0.6 is 0 Å². The van der Waals surface area contributed by atoms with E-state index in [1.807, 2.05) is 12.2 Å². The first-order valence-corrected chi connectivity index (χ1v) is 17.6. The van der Waals surface area contributed by atoms with Crippen molar-refractivity contribution in [2.75, 3.05) is 0 Å². The summed E-state index contributed by atoms with van der Waals surface area (Å²) < 4.78 is 0. The molecule has 4 aromatic carbocycles. The number of allylic oxidation sites excluding steroid dienone is 21. The highest BCUT2D eigenvalue weighted by molar-refractivity contribution is 5.89. The molecule has 0 aromatic heterocycles. The molecule has 0 heteroatoms. The van der Waals surface area contributed by atoms with Crippen molar-refractivity contribution in [1.29, 1.82) is 0 Å². The van der Waals surface area contributed by atoms with Gasteiger partial charge in [-0.15, -0.1) is 0 Å². The smallest absolute Gasteiger partial charge is 0.00730 e. The maximum atomic E-state index is 3.71. The molecule has 0 bridgehead atoms. The molecule has 0 saturated heterocycles. The Morgan fingerprint density at radius 1 is 0.700 bits per heavy atom. The zero-order chi connectivity index (χ0) is 35.1. The zero-order valence-electron chi connectivity index (χ0n) is 29.9. The molecule has 0 spiro atoms. The van der Waals surface area contributed by atoms with Crippen LogP contribution in [0.5, 0.6) is 0 Å². The van der Waals surface area contributed by atoms with Crippen molar-refractivity contribution < 1.29 is 0 Å². The van der Waals surface area contributed by atoms with E-state index in [1.165, 1.54) is 66.5 Å². The van der Waals surface area contributed by atoms with Crippen LogP contribution in [0.2, 0.25) is 0 Å². The van der Waals surface area contributed by atoms with E-state index in [9.17, 15) is 0 Å². The first-order chi connectivity index (χ1) is 24.5. The van der Waals surface area contributed by atoms with Gasteiger partial charge in [0.05, 0.1) is 0 Å². The fourth-order valence-electron chi connectivity index (χ4n) is 6.26. The van der Waals surface area contributed by atoms with Crippen molar-refractivity contribution >= 4 is 27.5 Å². The first kappa shape index (κ1) is 35.6. The Kier molecular flexibility index (Phi) is 12.9. The van der Waals surface area contributed by atoms with Crippen molar-refractivity contribution in [1.82, 2.24) is 0 Å². The molecular weight excluding hydrogens is 601 g/mol. The number of benzene rings is 4. The van der Waals surface area contributed by atoms with E-state index in [2.05, 4.69) is 204 Å². The highest BCUT2D eigenvalue weighted by Gasteiger charge is 2.20. The standard InChI is InChI=1S/C50H48/c1-6-9-11-12-13-14-15-20-40(8-3)42-26-31-44(32-27-42)48-24-18-19-38(4)25-36-50(49(39(48)5)23-10-7-2)45-33-28-43(29-34-45)47-35-30-41-21-16-17-22-46(41)37-47/h6-13,15-37,39H,1,14H2,2-5H3/b10-7+,11-9-,13-12-,19-18-,20-15-,38-25+,40-8+,48-24-,49-23+,50-36+. The summed E-state index contributed by atoms with van der Waals surface area (Å²) in [5.41, 5.74) is 12.3. The van der Waals surface area contributed by atoms with E-state index < -0.39 is 0 Å². The molecule has 50 heavy (non-hydrogen) atoms. The summed E-state index contributed by atoms with van der Waals surface area (Å²) in [5, 5.41) is 2.52. The maximum Gasteiger partial charge on any atom is 0.00730 e. The predicted molar refractivity (Wildman–Crippen MR) is 223 cm³/mol. The van der Waals surface area contributed by atoms with Gasteiger partial charge in [0.2, 0.25) is 0 Å². The number of hydrogen-bond acceptors (Lipinski definition) is 0. The minimum Gasteiger partial charge on any atom is -0.0991 e. The quantitative estimate of drug-likeness (QED) is 0.150. The lowest BCUT2D eigenvalue weighted by atomic mass is 9.80. The molecule has 1 atom stereocenters. The molecule has 0 N–H and O–H groups in total. The molecule has 248 valence electrons. The normalized spacial score (nSPS) is 20.6. The number of hydrogen-bond donors (Lipinski definition) is 0. The minimum absolute atomic E-state index is 0.142. The van der Waals surface area contributed by atoms with Gasteiger partial charge in [-0.3, -0.25) is 0 Å². The van der Waals surface area contributed by atoms with E-state index in [0.29, 0.717) is 0 Å². The number of rotatable bonds is 10. The van der Waals surface area contributed by atoms with Crippen LogP contribution in [0, 0.1) is 5.92 Å². The van der Waals surface area contributed by atoms with Crippen LogP contribution in [0.4, 0.5) is 0 Å². The van der Waals surface area contributed by atoms with Crippen molar-refractivity contribution in [2.24, 2.45) is 5.92 Å². The Hall–Kier alpha value is -5.72. The highest BCUT2D eigenvalue weighted by atomic mass is 14.2. The Morgan fingerprint density at radius 3 is 2.16 bits per heavy atom. The van der Waals surface area contributed by atoms with Crippen molar-refractivity contribution in [3.63, 3.8) is 0 Å². The fourth-order valence-corrected chi connectivity index (χ4v) is 6.26. The predicted octanol–water partition coefficient (Wildman–Crippen LogP) is 14.3. The molecular formula is C50H48. The van der Waals surface area contributed by atoms with Crippen LogP contribution in [0.25, 0.3) is 38.6 Å². The molecule has 1 aliphatic carbocycles. The van der Waals surface area contributed by atoms with Crippen LogP contribution in [-0.2, 0) is 0 Å². The van der Waals surface area contributed by atoms with Crippen LogP contribution in [0.15, 0.2) is 206 Å². The Morgan fingerprint density at radius 2 is 1.42 bits per heavy atom. The van der Waals surface area contributed by atoms with Crippen molar-refractivity contribution in [3.05, 3.63) is 223 Å². The third-order valence-corrected chi connectivity index (χ3v) is 9.07. The second-order valence-corrected chi connectivity index (χ2v) is 12.5. The van der Waals surface area contributed by atoms with Gasteiger partial charge >= 0.3 is 0 Å². The summed E-state index contributed by atoms with van der Waals surface area (Å²) in [6.07, 6.45) is 35.1. The highest BCUT2D eigenvalue weighted by Crippen LogP contribution is 2.39. The molecule has 0 saturated carbocycles. The van der Waals surface area contributed by atoms with E-state index >= 15 is 0 Å². The molecule has 4 aromatic rings. The maximum absolute atomic E-state index is 3.71. The molecule has 0 amide bonds. The summed E-state index contributed by atoms with van der Waals surface area (Å²) in [7, 11) is 0. The van der Waals surface area contributed by atoms with Crippen LogP contribution < -0.4 is 0 Å². The van der Waals surface area contributed by atoms with Gasteiger partial charge in [-0.2, -0.15) is 0 Å². The van der Waals surface area contributed by atoms with Crippen LogP contribution in [0.1, 0.15) is 50.8 Å². The molecule has 0 nitrogen and oxygen atoms in total. The lowest BCUT2D eigenvalue weighted by molar-refractivity contribution is 0.920. The van der Waals surface area contributed by atoms with Gasteiger partial charge in [0, 0.05) is 5.92 Å². The zero-order valence-corrected chi connectivity index (χ0v) is 29.9. The van der Waals surface area contributed by atoms with E-state index in [4.69, 9.17) is 0 Å². The average molecular weight is 649 g/mol. The van der Waals surface area contributed by atoms with E-state index in [0.717, 1.165) is 6.42 Å². The molecule has 1 unspecified atom stereocenters. The minimum atomic E-state index is 0.142. The molecule has 5 rings (SSSR count). The van der Waals surface area contributed by atoms with Gasteiger partial charge in [-0.1, -0.05) is 201 Å². The van der Waals surface area contributed by atoms with Gasteiger partial charge in [0.25, 0.3) is 0 Å². The summed E-state index contributed by atoms with van der Waals surface area (Å²) in [5.74, 6) is 0.142. The van der Waals surface area contributed by atoms with Crippen LogP contribution in [-0.4, -0.2) is 0 Å². The SMILES string of the molecule is C=C/C=C\C=C/C/C=C\C(=C/C)c1ccc(\C2=C/C=C\C(C)=C\C=C(c3ccc(-c4ccc5ccccc5c4)cc3)\C(=C\C=C\C)C2C)cc1. The monoisotopic (exact) mass is 648 g/mol. The van der Waals surface area contributed by atoms with Gasteiger partial charge in [-0.05, 0) is 94.1 Å². The average Bonchev–Trinajstić information content (AvgIpc) is 3.15. The van der Waals surface area contributed by atoms with Gasteiger partial charge in [-0.25, -0.2) is 0 Å². The second kappa shape index (κ2) is 18.2. The van der Waals surface area contributed by atoms with Gasteiger partial charge < -0.3 is 0 Å². The second-order valence-electron chi connectivity index (χ2n) is 12.5. The molecule has 0 heterocycles. The van der Waals surface area contributed by atoms with Crippen molar-refractivity contribution in [2.45, 2.75) is 34.1 Å². The molecule has 1 aliphatic rings. The summed E-state index contributed by atoms with van der Waals surface area (Å²) in [6, 6.07) is 33.3. The molecule has 0 radical (unpaired) electrons. The fraction of sp³-hybridized carbons (Fsp3) is 0.120. The van der Waals surface area contributed by atoms with Crippen LogP contribution in [0.3, 0.4) is 0 Å². The third kappa shape index (κ3) is 9.24.